The summed E-state index contributed by atoms with van der Waals surface area (Å²) in [5.74, 6) is 0. The van der Waals surface area contributed by atoms with E-state index in [-0.39, 0.29) is 6.04 Å². The molecule has 5 heteroatoms. The van der Waals surface area contributed by atoms with Gasteiger partial charge in [0.05, 0.1) is 0 Å². The quantitative estimate of drug-likeness (QED) is 0.891. The van der Waals surface area contributed by atoms with Gasteiger partial charge in [0.1, 0.15) is 0 Å². The predicted molar refractivity (Wildman–Crippen MR) is 80.3 cm³/mol. The lowest BCUT2D eigenvalue weighted by atomic mass is 10.0. The van der Waals surface area contributed by atoms with Crippen molar-refractivity contribution in [3.63, 3.8) is 0 Å². The van der Waals surface area contributed by atoms with Gasteiger partial charge >= 0.3 is 0 Å². The smallest absolute Gasteiger partial charge is 0.0492 e. The maximum atomic E-state index is 6.23. The average Bonchev–Trinajstić information content (AvgIpc) is 2.70. The second kappa shape index (κ2) is 5.99. The molecule has 2 rings (SSSR count). The molecule has 1 aromatic carbocycles. The van der Waals surface area contributed by atoms with E-state index in [1.807, 2.05) is 30.1 Å². The Kier molecular flexibility index (Phi) is 4.59. The van der Waals surface area contributed by atoms with E-state index in [1.54, 1.807) is 0 Å². The van der Waals surface area contributed by atoms with Crippen molar-refractivity contribution in [1.82, 2.24) is 9.78 Å². The number of rotatable bonds is 4. The van der Waals surface area contributed by atoms with Gasteiger partial charge in [0, 0.05) is 33.9 Å². The molecule has 0 aliphatic rings. The van der Waals surface area contributed by atoms with Gasteiger partial charge in [0.15, 0.2) is 0 Å². The van der Waals surface area contributed by atoms with E-state index in [2.05, 4.69) is 49.1 Å². The molecule has 0 bridgehead atoms. The Balaban J connectivity index is 2.03. The maximum absolute atomic E-state index is 6.23. The Bertz CT molecular complexity index is 517. The maximum Gasteiger partial charge on any atom is 0.0492 e. The number of nitrogens with two attached hydrogens (primary N) is 1. The summed E-state index contributed by atoms with van der Waals surface area (Å²) in [6.07, 6.45) is 3.65. The summed E-state index contributed by atoms with van der Waals surface area (Å²) in [5.41, 5.74) is 8.57. The molecule has 2 N–H and O–H groups in total. The summed E-state index contributed by atoms with van der Waals surface area (Å²) in [7, 11) is 1.95. The lowest BCUT2D eigenvalue weighted by molar-refractivity contribution is 0.613. The highest BCUT2D eigenvalue weighted by atomic mass is 79.9. The van der Waals surface area contributed by atoms with Crippen LogP contribution in [0.1, 0.15) is 23.7 Å². The number of hydrogen-bond donors (Lipinski definition) is 1. The van der Waals surface area contributed by atoms with Crippen LogP contribution in [0.25, 0.3) is 0 Å². The molecule has 1 aromatic heterocycles. The van der Waals surface area contributed by atoms with Crippen LogP contribution in [-0.4, -0.2) is 9.78 Å². The molecule has 0 spiro atoms. The number of nitrogens with zero attached hydrogens (tertiary/aromatic N) is 2. The standard InChI is InChI=1S/C13H15Br2N3/c1-18-12(4-5-17-18)2-3-13(16)9-6-10(14)8-11(15)7-9/h4-8,13H,2-3,16H2,1H3. The Hall–Kier alpha value is -0.650. The van der Waals surface area contributed by atoms with E-state index in [4.69, 9.17) is 5.73 Å². The molecule has 0 saturated carbocycles. The summed E-state index contributed by atoms with van der Waals surface area (Å²) < 4.78 is 3.98. The Morgan fingerprint density at radius 2 is 1.94 bits per heavy atom. The van der Waals surface area contributed by atoms with E-state index in [0.717, 1.165) is 27.4 Å². The van der Waals surface area contributed by atoms with Crippen molar-refractivity contribution < 1.29 is 0 Å². The van der Waals surface area contributed by atoms with Crippen LogP contribution >= 0.6 is 31.9 Å². The van der Waals surface area contributed by atoms with Crippen molar-refractivity contribution in [3.8, 4) is 0 Å². The third-order valence-corrected chi connectivity index (χ3v) is 3.86. The number of hydrogen-bond acceptors (Lipinski definition) is 2. The lowest BCUT2D eigenvalue weighted by Gasteiger charge is -2.13. The molecule has 2 aromatic rings. The number of benzene rings is 1. The SMILES string of the molecule is Cn1nccc1CCC(N)c1cc(Br)cc(Br)c1. The summed E-state index contributed by atoms with van der Waals surface area (Å²) in [5, 5.41) is 4.16. The first-order valence-electron chi connectivity index (χ1n) is 5.74. The molecule has 0 saturated heterocycles. The zero-order valence-corrected chi connectivity index (χ0v) is 13.3. The lowest BCUT2D eigenvalue weighted by Crippen LogP contribution is -2.12. The van der Waals surface area contributed by atoms with Gasteiger partial charge in [0.2, 0.25) is 0 Å². The predicted octanol–water partition coefficient (Wildman–Crippen LogP) is 3.58. The van der Waals surface area contributed by atoms with Gasteiger partial charge in [-0.1, -0.05) is 31.9 Å². The highest BCUT2D eigenvalue weighted by Gasteiger charge is 2.09. The molecule has 1 heterocycles. The third kappa shape index (κ3) is 3.43. The van der Waals surface area contributed by atoms with Crippen LogP contribution in [0.2, 0.25) is 0 Å². The molecule has 0 fully saturated rings. The summed E-state index contributed by atoms with van der Waals surface area (Å²) in [6, 6.07) is 8.21. The van der Waals surface area contributed by atoms with Crippen LogP contribution in [0.3, 0.4) is 0 Å². The molecule has 0 amide bonds. The Morgan fingerprint density at radius 1 is 1.28 bits per heavy atom. The molecule has 1 unspecified atom stereocenters. The molecule has 0 radical (unpaired) electrons. The summed E-state index contributed by atoms with van der Waals surface area (Å²) in [6.45, 7) is 0. The first-order chi connectivity index (χ1) is 8.56. The van der Waals surface area contributed by atoms with E-state index in [0.29, 0.717) is 0 Å². The number of aryl methyl sites for hydroxylation is 2. The van der Waals surface area contributed by atoms with Crippen LogP contribution in [-0.2, 0) is 13.5 Å². The van der Waals surface area contributed by atoms with Crippen molar-refractivity contribution in [2.75, 3.05) is 0 Å². The molecular formula is C13H15Br2N3. The van der Waals surface area contributed by atoms with Crippen molar-refractivity contribution in [1.29, 1.82) is 0 Å². The molecule has 1 atom stereocenters. The van der Waals surface area contributed by atoms with Gasteiger partial charge in [-0.25, -0.2) is 0 Å². The van der Waals surface area contributed by atoms with Gasteiger partial charge in [-0.15, -0.1) is 0 Å². The number of aromatic nitrogens is 2. The van der Waals surface area contributed by atoms with Crippen molar-refractivity contribution in [3.05, 3.63) is 50.7 Å². The minimum absolute atomic E-state index is 0.0358. The molecular weight excluding hydrogens is 358 g/mol. The van der Waals surface area contributed by atoms with Gasteiger partial charge in [0.25, 0.3) is 0 Å². The summed E-state index contributed by atoms with van der Waals surface area (Å²) in [4.78, 5) is 0. The van der Waals surface area contributed by atoms with E-state index < -0.39 is 0 Å². The van der Waals surface area contributed by atoms with Crippen LogP contribution in [0.15, 0.2) is 39.4 Å². The van der Waals surface area contributed by atoms with Gasteiger partial charge in [-0.3, -0.25) is 4.68 Å². The second-order valence-corrected chi connectivity index (χ2v) is 6.13. The minimum atomic E-state index is 0.0358. The summed E-state index contributed by atoms with van der Waals surface area (Å²) >= 11 is 6.97. The highest BCUT2D eigenvalue weighted by molar-refractivity contribution is 9.11. The molecule has 0 aliphatic carbocycles. The van der Waals surface area contributed by atoms with Crippen LogP contribution in [0, 0.1) is 0 Å². The van der Waals surface area contributed by atoms with Gasteiger partial charge in [-0.05, 0) is 42.7 Å². The Labute approximate surface area is 124 Å². The van der Waals surface area contributed by atoms with Gasteiger partial charge in [-0.2, -0.15) is 5.10 Å². The zero-order chi connectivity index (χ0) is 13.1. The van der Waals surface area contributed by atoms with Crippen molar-refractivity contribution >= 4 is 31.9 Å². The number of halogens is 2. The largest absolute Gasteiger partial charge is 0.324 e. The van der Waals surface area contributed by atoms with Crippen molar-refractivity contribution in [2.45, 2.75) is 18.9 Å². The van der Waals surface area contributed by atoms with E-state index in [9.17, 15) is 0 Å². The molecule has 3 nitrogen and oxygen atoms in total. The first-order valence-corrected chi connectivity index (χ1v) is 7.33. The first kappa shape index (κ1) is 13.8. The van der Waals surface area contributed by atoms with E-state index in [1.165, 1.54) is 5.69 Å². The highest BCUT2D eigenvalue weighted by Crippen LogP contribution is 2.25. The van der Waals surface area contributed by atoms with Crippen LogP contribution in [0.5, 0.6) is 0 Å². The van der Waals surface area contributed by atoms with Crippen molar-refractivity contribution in [2.24, 2.45) is 12.8 Å². The van der Waals surface area contributed by atoms with Crippen LogP contribution in [0.4, 0.5) is 0 Å². The Morgan fingerprint density at radius 3 is 2.50 bits per heavy atom. The second-order valence-electron chi connectivity index (χ2n) is 4.29. The molecule has 96 valence electrons. The monoisotopic (exact) mass is 371 g/mol. The van der Waals surface area contributed by atoms with E-state index >= 15 is 0 Å². The molecule has 18 heavy (non-hydrogen) atoms. The topological polar surface area (TPSA) is 43.8 Å². The molecule has 0 aliphatic heterocycles. The fraction of sp³-hybridized carbons (Fsp3) is 0.308. The normalized spacial score (nSPS) is 12.7. The third-order valence-electron chi connectivity index (χ3n) is 2.95. The zero-order valence-electron chi connectivity index (χ0n) is 10.1. The average molecular weight is 373 g/mol. The minimum Gasteiger partial charge on any atom is -0.324 e. The fourth-order valence-corrected chi connectivity index (χ4v) is 3.23. The fourth-order valence-electron chi connectivity index (χ4n) is 1.91. The van der Waals surface area contributed by atoms with Gasteiger partial charge < -0.3 is 5.73 Å². The van der Waals surface area contributed by atoms with Crippen LogP contribution < -0.4 is 5.73 Å².